The predicted molar refractivity (Wildman–Crippen MR) is 113 cm³/mol. The minimum atomic E-state index is -0.485. The monoisotopic (exact) mass is 400 g/mol. The van der Waals surface area contributed by atoms with E-state index in [2.05, 4.69) is 5.32 Å². The van der Waals surface area contributed by atoms with Crippen LogP contribution in [0.15, 0.2) is 66.7 Å². The second-order valence-electron chi connectivity index (χ2n) is 7.20. The number of nitrogens with one attached hydrogen (secondary N) is 1. The molecule has 6 heteroatoms. The summed E-state index contributed by atoms with van der Waals surface area (Å²) < 4.78 is 5.88. The Morgan fingerprint density at radius 3 is 2.30 bits per heavy atom. The van der Waals surface area contributed by atoms with Crippen molar-refractivity contribution in [2.75, 3.05) is 11.9 Å². The van der Waals surface area contributed by atoms with Crippen LogP contribution in [-0.2, 0) is 4.79 Å². The molecular formula is C24H20N2O4. The van der Waals surface area contributed by atoms with Crippen molar-refractivity contribution in [2.45, 2.75) is 13.8 Å². The van der Waals surface area contributed by atoms with Crippen molar-refractivity contribution in [3.05, 3.63) is 89.0 Å². The van der Waals surface area contributed by atoms with E-state index in [1.807, 2.05) is 38.1 Å². The lowest BCUT2D eigenvalue weighted by Crippen LogP contribution is -2.37. The minimum Gasteiger partial charge on any atom is -0.455 e. The molecule has 0 bridgehead atoms. The van der Waals surface area contributed by atoms with Gasteiger partial charge in [-0.15, -0.1) is 0 Å². The molecule has 4 rings (SSSR count). The highest BCUT2D eigenvalue weighted by Gasteiger charge is 2.36. The van der Waals surface area contributed by atoms with Gasteiger partial charge >= 0.3 is 0 Å². The number of benzene rings is 3. The van der Waals surface area contributed by atoms with Gasteiger partial charge in [0.05, 0.1) is 16.8 Å². The van der Waals surface area contributed by atoms with Gasteiger partial charge in [-0.3, -0.25) is 19.3 Å². The fourth-order valence-electron chi connectivity index (χ4n) is 3.27. The molecule has 0 saturated heterocycles. The fourth-order valence-corrected chi connectivity index (χ4v) is 3.27. The first-order valence-electron chi connectivity index (χ1n) is 9.52. The quantitative estimate of drug-likeness (QED) is 0.647. The van der Waals surface area contributed by atoms with Crippen molar-refractivity contribution in [1.82, 2.24) is 4.90 Å². The zero-order valence-electron chi connectivity index (χ0n) is 16.6. The topological polar surface area (TPSA) is 75.7 Å². The molecule has 6 nitrogen and oxygen atoms in total. The Kier molecular flexibility index (Phi) is 5.06. The van der Waals surface area contributed by atoms with Gasteiger partial charge in [0.2, 0.25) is 5.91 Å². The molecule has 3 amide bonds. The Morgan fingerprint density at radius 1 is 0.867 bits per heavy atom. The lowest BCUT2D eigenvalue weighted by molar-refractivity contribution is -0.116. The maximum absolute atomic E-state index is 12.6. The van der Waals surface area contributed by atoms with Gasteiger partial charge < -0.3 is 10.1 Å². The van der Waals surface area contributed by atoms with Crippen molar-refractivity contribution in [3.8, 4) is 11.5 Å². The SMILES string of the molecule is Cc1ccc(Oc2ccccc2NC(=O)CN2C(=O)c3ccc(C)cc3C2=O)cc1. The second kappa shape index (κ2) is 7.83. The van der Waals surface area contributed by atoms with Crippen LogP contribution >= 0.6 is 0 Å². The molecule has 0 atom stereocenters. The Bertz CT molecular complexity index is 1150. The Balaban J connectivity index is 1.48. The van der Waals surface area contributed by atoms with Crippen LogP contribution in [0.25, 0.3) is 0 Å². The average molecular weight is 400 g/mol. The number of rotatable bonds is 5. The number of aryl methyl sites for hydroxylation is 2. The second-order valence-corrected chi connectivity index (χ2v) is 7.20. The molecule has 1 aliphatic rings. The summed E-state index contributed by atoms with van der Waals surface area (Å²) in [7, 11) is 0. The van der Waals surface area contributed by atoms with Crippen LogP contribution in [0.5, 0.6) is 11.5 Å². The Hall–Kier alpha value is -3.93. The van der Waals surface area contributed by atoms with Crippen molar-refractivity contribution >= 4 is 23.4 Å². The number of carbonyl (C=O) groups excluding carboxylic acids is 3. The van der Waals surface area contributed by atoms with Crippen LogP contribution in [0.3, 0.4) is 0 Å². The molecule has 0 aliphatic carbocycles. The van der Waals surface area contributed by atoms with E-state index in [0.717, 1.165) is 16.0 Å². The summed E-state index contributed by atoms with van der Waals surface area (Å²) in [6.07, 6.45) is 0. The lowest BCUT2D eigenvalue weighted by Gasteiger charge is -2.15. The first-order valence-corrected chi connectivity index (χ1v) is 9.52. The largest absolute Gasteiger partial charge is 0.455 e. The Labute approximate surface area is 174 Å². The molecule has 0 radical (unpaired) electrons. The number of hydrogen-bond donors (Lipinski definition) is 1. The highest BCUT2D eigenvalue weighted by Crippen LogP contribution is 2.30. The molecule has 0 aromatic heterocycles. The third kappa shape index (κ3) is 3.80. The third-order valence-corrected chi connectivity index (χ3v) is 4.84. The zero-order chi connectivity index (χ0) is 21.3. The van der Waals surface area contributed by atoms with Crippen molar-refractivity contribution in [1.29, 1.82) is 0 Å². The van der Waals surface area contributed by atoms with Crippen LogP contribution in [0.2, 0.25) is 0 Å². The van der Waals surface area contributed by atoms with E-state index in [-0.39, 0.29) is 6.54 Å². The van der Waals surface area contributed by atoms with E-state index in [1.165, 1.54) is 0 Å². The number of hydrogen-bond acceptors (Lipinski definition) is 4. The maximum Gasteiger partial charge on any atom is 0.262 e. The molecule has 0 unspecified atom stereocenters. The number of nitrogens with zero attached hydrogens (tertiary/aromatic N) is 1. The summed E-state index contributed by atoms with van der Waals surface area (Å²) in [6, 6.07) is 19.6. The molecule has 30 heavy (non-hydrogen) atoms. The summed E-state index contributed by atoms with van der Waals surface area (Å²) in [5.74, 6) is -0.306. The number of anilines is 1. The lowest BCUT2D eigenvalue weighted by atomic mass is 10.1. The fraction of sp³-hybridized carbons (Fsp3) is 0.125. The van der Waals surface area contributed by atoms with Crippen LogP contribution < -0.4 is 10.1 Å². The van der Waals surface area contributed by atoms with Gasteiger partial charge in [0.15, 0.2) is 5.75 Å². The average Bonchev–Trinajstić information content (AvgIpc) is 2.95. The first-order chi connectivity index (χ1) is 14.4. The molecule has 1 heterocycles. The van der Waals surface area contributed by atoms with E-state index in [1.54, 1.807) is 42.5 Å². The van der Waals surface area contributed by atoms with Crippen molar-refractivity contribution in [2.24, 2.45) is 0 Å². The third-order valence-electron chi connectivity index (χ3n) is 4.84. The number of carbonyl (C=O) groups is 3. The van der Waals surface area contributed by atoms with Crippen molar-refractivity contribution in [3.63, 3.8) is 0 Å². The predicted octanol–water partition coefficient (Wildman–Crippen LogP) is 4.33. The number of para-hydroxylation sites is 2. The van der Waals surface area contributed by atoms with E-state index < -0.39 is 17.7 Å². The van der Waals surface area contributed by atoms with Crippen LogP contribution in [0.1, 0.15) is 31.8 Å². The van der Waals surface area contributed by atoms with Gasteiger partial charge in [-0.05, 0) is 50.2 Å². The van der Waals surface area contributed by atoms with Crippen LogP contribution in [-0.4, -0.2) is 29.2 Å². The highest BCUT2D eigenvalue weighted by molar-refractivity contribution is 6.22. The minimum absolute atomic E-state index is 0.321. The smallest absolute Gasteiger partial charge is 0.262 e. The normalized spacial score (nSPS) is 12.7. The summed E-state index contributed by atoms with van der Waals surface area (Å²) in [5.41, 5.74) is 3.09. The van der Waals surface area contributed by atoms with Gasteiger partial charge in [0.1, 0.15) is 12.3 Å². The summed E-state index contributed by atoms with van der Waals surface area (Å²) in [6.45, 7) is 3.46. The number of fused-ring (bicyclic) bond motifs is 1. The molecule has 0 spiro atoms. The van der Waals surface area contributed by atoms with Crippen LogP contribution in [0.4, 0.5) is 5.69 Å². The molecule has 1 aliphatic heterocycles. The van der Waals surface area contributed by atoms with Crippen LogP contribution in [0, 0.1) is 13.8 Å². The number of ether oxygens (including phenoxy) is 1. The number of imide groups is 1. The molecule has 3 aromatic carbocycles. The van der Waals surface area contributed by atoms with E-state index >= 15 is 0 Å². The van der Waals surface area contributed by atoms with Gasteiger partial charge in [0.25, 0.3) is 11.8 Å². The van der Waals surface area contributed by atoms with E-state index in [9.17, 15) is 14.4 Å². The molecule has 3 aromatic rings. The summed E-state index contributed by atoms with van der Waals surface area (Å²) in [5, 5.41) is 2.74. The van der Waals surface area contributed by atoms with Gasteiger partial charge in [-0.1, -0.05) is 41.5 Å². The highest BCUT2D eigenvalue weighted by atomic mass is 16.5. The van der Waals surface area contributed by atoms with Gasteiger partial charge in [-0.2, -0.15) is 0 Å². The summed E-state index contributed by atoms with van der Waals surface area (Å²) in [4.78, 5) is 38.7. The van der Waals surface area contributed by atoms with Crippen molar-refractivity contribution < 1.29 is 19.1 Å². The number of amides is 3. The standard InChI is InChI=1S/C24H20N2O4/c1-15-7-10-17(11-8-15)30-21-6-4-3-5-20(21)25-22(27)14-26-23(28)18-12-9-16(2)13-19(18)24(26)29/h3-13H,14H2,1-2H3,(H,25,27). The first kappa shape index (κ1) is 19.4. The van der Waals surface area contributed by atoms with Gasteiger partial charge in [-0.25, -0.2) is 0 Å². The Morgan fingerprint density at radius 2 is 1.53 bits per heavy atom. The van der Waals surface area contributed by atoms with Gasteiger partial charge in [0, 0.05) is 0 Å². The molecular weight excluding hydrogens is 380 g/mol. The molecule has 150 valence electrons. The molecule has 0 fully saturated rings. The zero-order valence-corrected chi connectivity index (χ0v) is 16.6. The van der Waals surface area contributed by atoms with E-state index in [0.29, 0.717) is 28.3 Å². The maximum atomic E-state index is 12.6. The molecule has 0 saturated carbocycles. The summed E-state index contributed by atoms with van der Waals surface area (Å²) >= 11 is 0. The molecule has 1 N–H and O–H groups in total. The van der Waals surface area contributed by atoms with E-state index in [4.69, 9.17) is 4.74 Å².